The van der Waals surface area contributed by atoms with Gasteiger partial charge < -0.3 is 14.2 Å². The predicted molar refractivity (Wildman–Crippen MR) is 101 cm³/mol. The second kappa shape index (κ2) is 12.3. The smallest absolute Gasteiger partial charge is 0.306 e. The van der Waals surface area contributed by atoms with E-state index in [4.69, 9.17) is 14.2 Å². The van der Waals surface area contributed by atoms with E-state index in [0.29, 0.717) is 19.4 Å². The van der Waals surface area contributed by atoms with Crippen molar-refractivity contribution in [1.82, 2.24) is 0 Å². The summed E-state index contributed by atoms with van der Waals surface area (Å²) < 4.78 is 16.6. The summed E-state index contributed by atoms with van der Waals surface area (Å²) in [6.07, 6.45) is 6.77. The van der Waals surface area contributed by atoms with Gasteiger partial charge in [0.1, 0.15) is 11.9 Å². The maximum absolute atomic E-state index is 12.0. The molecular formula is C21H30O4. The Hall–Kier alpha value is -2.07. The molecule has 0 fully saturated rings. The van der Waals surface area contributed by atoms with Crippen LogP contribution in [0.15, 0.2) is 49.6 Å². The lowest BCUT2D eigenvalue weighted by molar-refractivity contribution is -0.157. The highest BCUT2D eigenvalue weighted by molar-refractivity contribution is 5.69. The zero-order valence-electron chi connectivity index (χ0n) is 15.4. The first-order valence-corrected chi connectivity index (χ1v) is 8.76. The molecule has 138 valence electrons. The molecule has 0 saturated heterocycles. The van der Waals surface area contributed by atoms with Gasteiger partial charge in [0.2, 0.25) is 0 Å². The molecule has 2 atom stereocenters. The summed E-state index contributed by atoms with van der Waals surface area (Å²) in [6.45, 7) is 9.79. The van der Waals surface area contributed by atoms with Crippen molar-refractivity contribution in [3.8, 4) is 5.75 Å². The first-order valence-electron chi connectivity index (χ1n) is 8.76. The number of benzene rings is 1. The van der Waals surface area contributed by atoms with Gasteiger partial charge in [-0.2, -0.15) is 0 Å². The lowest BCUT2D eigenvalue weighted by Crippen LogP contribution is -2.31. The van der Waals surface area contributed by atoms with Gasteiger partial charge in [-0.25, -0.2) is 0 Å². The molecule has 1 rings (SSSR count). The highest BCUT2D eigenvalue weighted by Crippen LogP contribution is 2.16. The van der Waals surface area contributed by atoms with E-state index >= 15 is 0 Å². The van der Waals surface area contributed by atoms with E-state index in [0.717, 1.165) is 30.6 Å². The molecule has 0 spiro atoms. The number of unbranched alkanes of at least 4 members (excludes halogenated alkanes) is 2. The lowest BCUT2D eigenvalue weighted by atomic mass is 10.1. The molecule has 0 aliphatic rings. The summed E-state index contributed by atoms with van der Waals surface area (Å²) in [6, 6.07) is 7.71. The third-order valence-electron chi connectivity index (χ3n) is 3.92. The quantitative estimate of drug-likeness (QED) is 0.291. The van der Waals surface area contributed by atoms with Crippen LogP contribution in [0.2, 0.25) is 0 Å². The monoisotopic (exact) mass is 346 g/mol. The van der Waals surface area contributed by atoms with Crippen LogP contribution in [0.1, 0.15) is 44.6 Å². The van der Waals surface area contributed by atoms with Gasteiger partial charge in [0.15, 0.2) is 0 Å². The van der Waals surface area contributed by atoms with Crippen molar-refractivity contribution in [2.45, 2.75) is 57.8 Å². The summed E-state index contributed by atoms with van der Waals surface area (Å²) in [5, 5.41) is 0. The van der Waals surface area contributed by atoms with Crippen LogP contribution in [-0.2, 0) is 20.9 Å². The number of allylic oxidation sites excluding steroid dienone is 1. The molecule has 0 N–H and O–H groups in total. The minimum absolute atomic E-state index is 0.184. The van der Waals surface area contributed by atoms with Crippen LogP contribution in [0.4, 0.5) is 0 Å². The normalized spacial score (nSPS) is 12.9. The van der Waals surface area contributed by atoms with Crippen molar-refractivity contribution < 1.29 is 19.0 Å². The van der Waals surface area contributed by atoms with Crippen molar-refractivity contribution in [1.29, 1.82) is 0 Å². The summed E-state index contributed by atoms with van der Waals surface area (Å²) >= 11 is 0. The Morgan fingerprint density at radius 3 is 2.48 bits per heavy atom. The van der Waals surface area contributed by atoms with Gasteiger partial charge >= 0.3 is 5.97 Å². The van der Waals surface area contributed by atoms with Gasteiger partial charge in [-0.15, -0.1) is 13.2 Å². The summed E-state index contributed by atoms with van der Waals surface area (Å²) in [5.41, 5.74) is 1.04. The number of hydrogen-bond donors (Lipinski definition) is 0. The average molecular weight is 346 g/mol. The van der Waals surface area contributed by atoms with Gasteiger partial charge in [-0.05, 0) is 43.9 Å². The van der Waals surface area contributed by atoms with E-state index in [9.17, 15) is 4.79 Å². The van der Waals surface area contributed by atoms with Crippen LogP contribution in [0.3, 0.4) is 0 Å². The number of hydrogen-bond acceptors (Lipinski definition) is 4. The van der Waals surface area contributed by atoms with E-state index in [-0.39, 0.29) is 18.2 Å². The Morgan fingerprint density at radius 1 is 1.16 bits per heavy atom. The molecular weight excluding hydrogens is 316 g/mol. The van der Waals surface area contributed by atoms with Crippen molar-refractivity contribution in [2.75, 3.05) is 7.11 Å². The van der Waals surface area contributed by atoms with Crippen LogP contribution >= 0.6 is 0 Å². The number of carbonyl (C=O) groups excluding carboxylic acids is 1. The van der Waals surface area contributed by atoms with E-state index < -0.39 is 0 Å². The second-order valence-electron chi connectivity index (χ2n) is 5.95. The van der Waals surface area contributed by atoms with Crippen LogP contribution in [0.25, 0.3) is 0 Å². The van der Waals surface area contributed by atoms with E-state index in [1.807, 2.05) is 37.3 Å². The van der Waals surface area contributed by atoms with Gasteiger partial charge in [-0.3, -0.25) is 4.79 Å². The molecule has 0 unspecified atom stereocenters. The molecule has 0 aliphatic heterocycles. The fourth-order valence-electron chi connectivity index (χ4n) is 2.34. The topological polar surface area (TPSA) is 44.8 Å². The molecule has 1 aromatic rings. The zero-order valence-corrected chi connectivity index (χ0v) is 15.4. The number of esters is 1. The van der Waals surface area contributed by atoms with Gasteiger partial charge in [0, 0.05) is 12.8 Å². The summed E-state index contributed by atoms with van der Waals surface area (Å²) in [7, 11) is 1.64. The zero-order chi connectivity index (χ0) is 18.5. The highest BCUT2D eigenvalue weighted by atomic mass is 16.6. The van der Waals surface area contributed by atoms with Crippen LogP contribution in [0, 0.1) is 0 Å². The number of carbonyl (C=O) groups is 1. The fourth-order valence-corrected chi connectivity index (χ4v) is 2.34. The Kier molecular flexibility index (Phi) is 10.3. The highest BCUT2D eigenvalue weighted by Gasteiger charge is 2.21. The number of rotatable bonds is 13. The maximum atomic E-state index is 12.0. The predicted octanol–water partition coefficient (Wildman–Crippen LogP) is 4.83. The third-order valence-corrected chi connectivity index (χ3v) is 3.92. The minimum Gasteiger partial charge on any atom is -0.497 e. The molecule has 0 radical (unpaired) electrons. The molecule has 0 heterocycles. The maximum Gasteiger partial charge on any atom is 0.306 e. The minimum atomic E-state index is -0.317. The molecule has 0 bridgehead atoms. The second-order valence-corrected chi connectivity index (χ2v) is 5.95. The molecule has 4 heteroatoms. The molecule has 1 aromatic carbocycles. The Balaban J connectivity index is 2.45. The van der Waals surface area contributed by atoms with Crippen LogP contribution in [-0.4, -0.2) is 25.3 Å². The lowest BCUT2D eigenvalue weighted by Gasteiger charge is -2.23. The largest absolute Gasteiger partial charge is 0.497 e. The fraction of sp³-hybridized carbons (Fsp3) is 0.476. The van der Waals surface area contributed by atoms with Crippen molar-refractivity contribution in [2.24, 2.45) is 0 Å². The standard InChI is InChI=1S/C21H30O4/c1-5-7-8-9-11-21(22)25-20(10-6-2)17(3)24-16-18-12-14-19(23-4)15-13-18/h5-6,12-15,17,20H,1-2,7-11,16H2,3-4H3/t17-,20-/m0/s1. The molecule has 0 aliphatic carbocycles. The van der Waals surface area contributed by atoms with Gasteiger partial charge in [0.05, 0.1) is 19.8 Å². The van der Waals surface area contributed by atoms with Crippen LogP contribution < -0.4 is 4.74 Å². The van der Waals surface area contributed by atoms with Gasteiger partial charge in [-0.1, -0.05) is 24.3 Å². The van der Waals surface area contributed by atoms with Crippen molar-refractivity contribution >= 4 is 5.97 Å². The Bertz CT molecular complexity index is 521. The van der Waals surface area contributed by atoms with E-state index in [2.05, 4.69) is 13.2 Å². The number of methoxy groups -OCH3 is 1. The van der Waals surface area contributed by atoms with Crippen LogP contribution in [0.5, 0.6) is 5.75 Å². The molecule has 0 aromatic heterocycles. The van der Waals surface area contributed by atoms with E-state index in [1.54, 1.807) is 13.2 Å². The molecule has 25 heavy (non-hydrogen) atoms. The first kappa shape index (κ1) is 21.0. The van der Waals surface area contributed by atoms with E-state index in [1.165, 1.54) is 0 Å². The Morgan fingerprint density at radius 2 is 1.88 bits per heavy atom. The first-order chi connectivity index (χ1) is 12.1. The molecule has 0 saturated carbocycles. The molecule has 0 amide bonds. The number of ether oxygens (including phenoxy) is 3. The average Bonchev–Trinajstić information content (AvgIpc) is 2.63. The van der Waals surface area contributed by atoms with Gasteiger partial charge in [0.25, 0.3) is 0 Å². The third kappa shape index (κ3) is 8.54. The van der Waals surface area contributed by atoms with Crippen molar-refractivity contribution in [3.05, 3.63) is 55.1 Å². The summed E-state index contributed by atoms with van der Waals surface area (Å²) in [5.74, 6) is 0.627. The van der Waals surface area contributed by atoms with Crippen molar-refractivity contribution in [3.63, 3.8) is 0 Å². The SMILES string of the molecule is C=CCCCCC(=O)O[C@@H](CC=C)[C@H](C)OCc1ccc(OC)cc1. The molecule has 4 nitrogen and oxygen atoms in total. The summed E-state index contributed by atoms with van der Waals surface area (Å²) in [4.78, 5) is 12.0. The Labute approximate surface area is 151 Å².